The number of amides is 4. The Balaban J connectivity index is 1.85. The minimum atomic E-state index is -1.47. The molecule has 1 heterocycles. The van der Waals surface area contributed by atoms with Crippen LogP contribution in [0.5, 0.6) is 0 Å². The van der Waals surface area contributed by atoms with Gasteiger partial charge in [0.25, 0.3) is 0 Å². The highest BCUT2D eigenvalue weighted by Crippen LogP contribution is 2.38. The van der Waals surface area contributed by atoms with Crippen molar-refractivity contribution < 1.29 is 19.2 Å². The lowest BCUT2D eigenvalue weighted by molar-refractivity contribution is -0.151. The van der Waals surface area contributed by atoms with E-state index in [1.165, 1.54) is 0 Å². The molecule has 0 unspecified atom stereocenters. The summed E-state index contributed by atoms with van der Waals surface area (Å²) in [5, 5.41) is 12.0. The Morgan fingerprint density at radius 3 is 1.58 bits per heavy atom. The number of nitrogen functional groups attached to an aromatic ring is 1. The van der Waals surface area contributed by atoms with E-state index in [-0.39, 0.29) is 17.7 Å². The van der Waals surface area contributed by atoms with Crippen LogP contribution < -0.4 is 27.0 Å². The summed E-state index contributed by atoms with van der Waals surface area (Å²) in [6, 6.07) is 4.92. The molecule has 4 rings (SSSR count). The molecule has 1 atom stereocenters. The molecule has 9 nitrogen and oxygen atoms in total. The molecule has 2 saturated carbocycles. The van der Waals surface area contributed by atoms with Gasteiger partial charge in [0.05, 0.1) is 11.4 Å². The second-order valence-electron chi connectivity index (χ2n) is 11.3. The number of hydrogen-bond donors (Lipinski definition) is 5. The minimum absolute atomic E-state index is 0.353. The number of benzene rings is 1. The van der Waals surface area contributed by atoms with E-state index in [2.05, 4.69) is 21.3 Å². The smallest absolute Gasteiger partial charge is 0.250 e. The highest BCUT2D eigenvalue weighted by Gasteiger charge is 2.52. The van der Waals surface area contributed by atoms with Gasteiger partial charge >= 0.3 is 0 Å². The molecule has 2 spiro atoms. The summed E-state index contributed by atoms with van der Waals surface area (Å²) in [6.45, 7) is 5.24. The number of carbonyl (C=O) groups excluding carboxylic acids is 4. The maximum absolute atomic E-state index is 13.9. The summed E-state index contributed by atoms with van der Waals surface area (Å²) in [5.74, 6) is -2.07. The van der Waals surface area contributed by atoms with Gasteiger partial charge in [0.1, 0.15) is 16.5 Å². The van der Waals surface area contributed by atoms with Crippen molar-refractivity contribution in [1.29, 1.82) is 0 Å². The Labute approximate surface area is 212 Å². The van der Waals surface area contributed by atoms with Gasteiger partial charge in [-0.05, 0) is 56.7 Å². The Morgan fingerprint density at radius 2 is 1.14 bits per heavy atom. The second-order valence-corrected chi connectivity index (χ2v) is 11.3. The monoisotopic (exact) mass is 497 g/mol. The normalized spacial score (nSPS) is 26.6. The summed E-state index contributed by atoms with van der Waals surface area (Å²) in [6.07, 6.45) is 6.95. The van der Waals surface area contributed by atoms with Crippen LogP contribution in [0.1, 0.15) is 85.0 Å². The average molecular weight is 498 g/mol. The number of rotatable bonds is 1. The molecule has 1 aromatic carbocycles. The lowest BCUT2D eigenvalue weighted by Gasteiger charge is -2.42. The van der Waals surface area contributed by atoms with Gasteiger partial charge in [-0.15, -0.1) is 0 Å². The molecule has 0 saturated heterocycles. The van der Waals surface area contributed by atoms with Crippen molar-refractivity contribution in [2.75, 3.05) is 16.4 Å². The number of hydrogen-bond acceptors (Lipinski definition) is 5. The largest absolute Gasteiger partial charge is 0.399 e. The van der Waals surface area contributed by atoms with Crippen LogP contribution in [0.3, 0.4) is 0 Å². The second kappa shape index (κ2) is 9.75. The fraction of sp³-hybridized carbons (Fsp3) is 0.630. The molecule has 2 aliphatic carbocycles. The first kappa shape index (κ1) is 26.0. The summed E-state index contributed by atoms with van der Waals surface area (Å²) in [5.41, 5.74) is 3.46. The number of nitrogens with one attached hydrogen (secondary N) is 4. The maximum atomic E-state index is 13.9. The first-order chi connectivity index (χ1) is 17.0. The third kappa shape index (κ3) is 4.55. The molecule has 4 amide bonds. The zero-order valence-corrected chi connectivity index (χ0v) is 21.6. The van der Waals surface area contributed by atoms with Crippen LogP contribution in [0.15, 0.2) is 18.2 Å². The van der Waals surface area contributed by atoms with Crippen LogP contribution in [-0.4, -0.2) is 34.7 Å². The molecule has 36 heavy (non-hydrogen) atoms. The van der Waals surface area contributed by atoms with Crippen molar-refractivity contribution in [1.82, 2.24) is 10.6 Å². The molecule has 0 radical (unpaired) electrons. The molecule has 1 aliphatic heterocycles. The average Bonchev–Trinajstić information content (AvgIpc) is 2.85. The van der Waals surface area contributed by atoms with Gasteiger partial charge in [-0.2, -0.15) is 0 Å². The van der Waals surface area contributed by atoms with Gasteiger partial charge in [-0.1, -0.05) is 52.4 Å². The molecule has 1 aromatic rings. The third-order valence-electron chi connectivity index (χ3n) is 8.63. The zero-order valence-electron chi connectivity index (χ0n) is 21.6. The Kier molecular flexibility index (Phi) is 7.03. The molecule has 3 aliphatic rings. The molecular weight excluding hydrogens is 458 g/mol. The predicted octanol–water partition coefficient (Wildman–Crippen LogP) is 3.46. The lowest BCUT2D eigenvalue weighted by atomic mass is 9.73. The van der Waals surface area contributed by atoms with Crippen molar-refractivity contribution in [3.63, 3.8) is 0 Å². The van der Waals surface area contributed by atoms with Crippen molar-refractivity contribution in [3.8, 4) is 0 Å². The van der Waals surface area contributed by atoms with Gasteiger partial charge in [0, 0.05) is 5.69 Å². The van der Waals surface area contributed by atoms with Gasteiger partial charge in [-0.3, -0.25) is 19.2 Å². The van der Waals surface area contributed by atoms with Crippen molar-refractivity contribution in [2.45, 2.75) is 96.1 Å². The van der Waals surface area contributed by atoms with Crippen LogP contribution in [0, 0.1) is 11.3 Å². The molecular formula is C27H39N5O4. The molecule has 0 aromatic heterocycles. The Morgan fingerprint density at radius 1 is 0.694 bits per heavy atom. The topological polar surface area (TPSA) is 142 Å². The van der Waals surface area contributed by atoms with E-state index in [1.807, 2.05) is 13.8 Å². The first-order valence-electron chi connectivity index (χ1n) is 13.2. The van der Waals surface area contributed by atoms with Gasteiger partial charge in [0.2, 0.25) is 23.6 Å². The summed E-state index contributed by atoms with van der Waals surface area (Å²) in [4.78, 5) is 55.3. The quantitative estimate of drug-likeness (QED) is 0.298. The van der Waals surface area contributed by atoms with Crippen LogP contribution in [0.25, 0.3) is 0 Å². The summed E-state index contributed by atoms with van der Waals surface area (Å²) < 4.78 is 0. The van der Waals surface area contributed by atoms with Crippen molar-refractivity contribution in [2.24, 2.45) is 11.3 Å². The predicted molar refractivity (Wildman–Crippen MR) is 139 cm³/mol. The van der Waals surface area contributed by atoms with E-state index < -0.39 is 28.3 Å². The standard InChI is InChI=1S/C27H39N5O4/c1-17(2)25(3)21(33)31-26(12-6-4-7-13-26)23(35)29-19-11-10-18(28)16-20(19)30-24(36)27(32-22(25)34)14-8-5-9-15-27/h10-11,16-17H,4-9,12-15,28H2,1-3H3,(H,29,35)(H,30,36)(H,31,33)(H,32,34)/t25-/m1/s1. The van der Waals surface area contributed by atoms with E-state index in [1.54, 1.807) is 25.1 Å². The van der Waals surface area contributed by atoms with Crippen LogP contribution in [0.2, 0.25) is 0 Å². The zero-order chi connectivity index (χ0) is 26.1. The number of anilines is 3. The molecule has 0 bridgehead atoms. The lowest BCUT2D eigenvalue weighted by Crippen LogP contribution is -2.66. The summed E-state index contributed by atoms with van der Waals surface area (Å²) in [7, 11) is 0. The minimum Gasteiger partial charge on any atom is -0.399 e. The van der Waals surface area contributed by atoms with Gasteiger partial charge in [-0.25, -0.2) is 0 Å². The fourth-order valence-corrected chi connectivity index (χ4v) is 5.71. The van der Waals surface area contributed by atoms with Gasteiger partial charge < -0.3 is 27.0 Å². The molecule has 196 valence electrons. The van der Waals surface area contributed by atoms with E-state index in [0.717, 1.165) is 38.5 Å². The van der Waals surface area contributed by atoms with E-state index >= 15 is 0 Å². The van der Waals surface area contributed by atoms with Crippen LogP contribution in [-0.2, 0) is 19.2 Å². The van der Waals surface area contributed by atoms with Crippen LogP contribution >= 0.6 is 0 Å². The Hall–Kier alpha value is -3.10. The van der Waals surface area contributed by atoms with E-state index in [4.69, 9.17) is 5.73 Å². The summed E-state index contributed by atoms with van der Waals surface area (Å²) >= 11 is 0. The fourth-order valence-electron chi connectivity index (χ4n) is 5.71. The van der Waals surface area contributed by atoms with Crippen molar-refractivity contribution >= 4 is 40.7 Å². The van der Waals surface area contributed by atoms with Gasteiger partial charge in [0.15, 0.2) is 0 Å². The van der Waals surface area contributed by atoms with E-state index in [0.29, 0.717) is 42.7 Å². The van der Waals surface area contributed by atoms with Crippen molar-refractivity contribution in [3.05, 3.63) is 18.2 Å². The molecule has 2 fully saturated rings. The van der Waals surface area contributed by atoms with E-state index in [9.17, 15) is 19.2 Å². The Bertz CT molecular complexity index is 1060. The third-order valence-corrected chi connectivity index (χ3v) is 8.63. The maximum Gasteiger partial charge on any atom is 0.250 e. The number of fused-ring (bicyclic) bond motifs is 1. The number of carbonyl (C=O) groups is 4. The highest BCUT2D eigenvalue weighted by atomic mass is 16.2. The molecule has 9 heteroatoms. The molecule has 6 N–H and O–H groups in total. The number of nitrogens with two attached hydrogens (primary N) is 1. The van der Waals surface area contributed by atoms with Crippen LogP contribution in [0.4, 0.5) is 17.1 Å². The first-order valence-corrected chi connectivity index (χ1v) is 13.2. The SMILES string of the molecule is CC(C)[C@]1(C)C(=O)NC2(CCCCC2)C(=O)Nc2ccc(N)cc2NC(=O)C2(CCCCC2)NC1=O. The highest BCUT2D eigenvalue weighted by molar-refractivity contribution is 6.12.